The van der Waals surface area contributed by atoms with E-state index in [0.717, 1.165) is 12.0 Å². The summed E-state index contributed by atoms with van der Waals surface area (Å²) in [5, 5.41) is 9.26. The Balaban J connectivity index is 0.00000400. The van der Waals surface area contributed by atoms with Crippen LogP contribution in [0.5, 0.6) is 0 Å². The van der Waals surface area contributed by atoms with Gasteiger partial charge in [0.15, 0.2) is 11.7 Å². The lowest BCUT2D eigenvalue weighted by Crippen LogP contribution is -2.35. The number of hydrogen-bond donors (Lipinski definition) is 3. The van der Waals surface area contributed by atoms with Crippen LogP contribution in [-0.2, 0) is 6.42 Å². The van der Waals surface area contributed by atoms with E-state index in [9.17, 15) is 9.59 Å². The lowest BCUT2D eigenvalue weighted by Gasteiger charge is -2.20. The summed E-state index contributed by atoms with van der Waals surface area (Å²) in [7, 11) is 0. The molecule has 0 bridgehead atoms. The Bertz CT molecular complexity index is 563. The van der Waals surface area contributed by atoms with Crippen molar-refractivity contribution in [3.63, 3.8) is 0 Å². The molecule has 5 nitrogen and oxygen atoms in total. The number of carbonyl (C=O) groups is 2. The molecule has 0 aliphatic heterocycles. The normalized spacial score (nSPS) is 10.5. The van der Waals surface area contributed by atoms with Gasteiger partial charge in [0, 0.05) is 11.1 Å². The molecule has 0 heterocycles. The first-order valence-electron chi connectivity index (χ1n) is 6.39. The largest absolute Gasteiger partial charge is 0.370 e. The Morgan fingerprint density at radius 1 is 1.29 bits per heavy atom. The summed E-state index contributed by atoms with van der Waals surface area (Å²) in [5.41, 5.74) is 6.96. The van der Waals surface area contributed by atoms with Gasteiger partial charge in [0.05, 0.1) is 0 Å². The SMILES string of the molecule is CC(=O)c1cc(C(=O)NC(=N)N)ccc1CC(C)(C)C.Cl. The number of amides is 1. The highest BCUT2D eigenvalue weighted by Gasteiger charge is 2.18. The zero-order valence-corrected chi connectivity index (χ0v) is 13.6. The average Bonchev–Trinajstić information content (AvgIpc) is 2.25. The van der Waals surface area contributed by atoms with E-state index in [2.05, 4.69) is 26.1 Å². The van der Waals surface area contributed by atoms with Crippen molar-refractivity contribution in [3.8, 4) is 0 Å². The maximum Gasteiger partial charge on any atom is 0.257 e. The molecule has 4 N–H and O–H groups in total. The van der Waals surface area contributed by atoms with E-state index in [0.29, 0.717) is 11.1 Å². The van der Waals surface area contributed by atoms with Gasteiger partial charge < -0.3 is 5.73 Å². The number of nitrogens with two attached hydrogens (primary N) is 1. The molecule has 21 heavy (non-hydrogen) atoms. The van der Waals surface area contributed by atoms with Gasteiger partial charge in [-0.3, -0.25) is 20.3 Å². The molecule has 0 unspecified atom stereocenters. The van der Waals surface area contributed by atoms with Gasteiger partial charge in [-0.25, -0.2) is 0 Å². The minimum atomic E-state index is -0.484. The van der Waals surface area contributed by atoms with E-state index in [1.807, 2.05) is 0 Å². The number of halogens is 1. The number of carbonyl (C=O) groups excluding carboxylic acids is 2. The predicted octanol–water partition coefficient (Wildman–Crippen LogP) is 2.52. The molecule has 0 atom stereocenters. The summed E-state index contributed by atoms with van der Waals surface area (Å²) in [4.78, 5) is 23.5. The number of rotatable bonds is 3. The van der Waals surface area contributed by atoms with Crippen molar-refractivity contribution in [2.45, 2.75) is 34.1 Å². The molecule has 1 rings (SSSR count). The van der Waals surface area contributed by atoms with E-state index in [1.54, 1.807) is 18.2 Å². The maximum absolute atomic E-state index is 11.8. The Kier molecular flexibility index (Phi) is 6.57. The van der Waals surface area contributed by atoms with Crippen LogP contribution >= 0.6 is 12.4 Å². The van der Waals surface area contributed by atoms with Crippen LogP contribution in [0.1, 0.15) is 54.0 Å². The molecule has 0 saturated heterocycles. The zero-order valence-electron chi connectivity index (χ0n) is 12.7. The molecule has 0 fully saturated rings. The van der Waals surface area contributed by atoms with Crippen molar-refractivity contribution in [3.05, 3.63) is 34.9 Å². The summed E-state index contributed by atoms with van der Waals surface area (Å²) in [5.74, 6) is -0.984. The molecular weight excluding hydrogens is 290 g/mol. The molecule has 0 aliphatic rings. The molecule has 1 aromatic carbocycles. The van der Waals surface area contributed by atoms with Crippen molar-refractivity contribution >= 4 is 30.1 Å². The Labute approximate surface area is 131 Å². The molecule has 0 saturated carbocycles. The Morgan fingerprint density at radius 3 is 2.29 bits per heavy atom. The number of nitrogens with one attached hydrogen (secondary N) is 2. The van der Waals surface area contributed by atoms with Crippen molar-refractivity contribution in [1.29, 1.82) is 5.41 Å². The topological polar surface area (TPSA) is 96.0 Å². The molecule has 0 radical (unpaired) electrons. The minimum Gasteiger partial charge on any atom is -0.370 e. The first-order chi connectivity index (χ1) is 9.10. The van der Waals surface area contributed by atoms with E-state index < -0.39 is 11.9 Å². The summed E-state index contributed by atoms with van der Waals surface area (Å²) in [6.45, 7) is 7.75. The number of hydrogen-bond acceptors (Lipinski definition) is 3. The number of guanidine groups is 1. The smallest absolute Gasteiger partial charge is 0.257 e. The average molecular weight is 312 g/mol. The summed E-state index contributed by atoms with van der Waals surface area (Å²) in [6.07, 6.45) is 0.747. The van der Waals surface area contributed by atoms with E-state index in [-0.39, 0.29) is 23.6 Å². The van der Waals surface area contributed by atoms with Crippen LogP contribution in [0.15, 0.2) is 18.2 Å². The fourth-order valence-electron chi connectivity index (χ4n) is 1.97. The minimum absolute atomic E-state index is 0. The summed E-state index contributed by atoms with van der Waals surface area (Å²) in [6, 6.07) is 4.99. The van der Waals surface area contributed by atoms with Crippen LogP contribution in [0.4, 0.5) is 0 Å². The van der Waals surface area contributed by atoms with Crippen LogP contribution in [0.2, 0.25) is 0 Å². The van der Waals surface area contributed by atoms with Crippen LogP contribution in [0.3, 0.4) is 0 Å². The summed E-state index contributed by atoms with van der Waals surface area (Å²) >= 11 is 0. The van der Waals surface area contributed by atoms with E-state index >= 15 is 0 Å². The van der Waals surface area contributed by atoms with Crippen molar-refractivity contribution in [1.82, 2.24) is 5.32 Å². The third-order valence-corrected chi connectivity index (χ3v) is 2.72. The number of ketones is 1. The lowest BCUT2D eigenvalue weighted by atomic mass is 9.85. The third kappa shape index (κ3) is 5.95. The second-order valence-electron chi connectivity index (χ2n) is 6.03. The van der Waals surface area contributed by atoms with Crippen molar-refractivity contribution in [2.75, 3.05) is 0 Å². The second kappa shape index (κ2) is 7.22. The predicted molar refractivity (Wildman–Crippen MR) is 86.2 cm³/mol. The van der Waals surface area contributed by atoms with Gasteiger partial charge in [0.1, 0.15) is 0 Å². The highest BCUT2D eigenvalue weighted by Crippen LogP contribution is 2.24. The Morgan fingerprint density at radius 2 is 1.86 bits per heavy atom. The van der Waals surface area contributed by atoms with Gasteiger partial charge >= 0.3 is 0 Å². The first kappa shape index (κ1) is 19.1. The molecular formula is C15H22ClN3O2. The first-order valence-corrected chi connectivity index (χ1v) is 6.39. The highest BCUT2D eigenvalue weighted by molar-refractivity contribution is 6.06. The molecule has 116 valence electrons. The van der Waals surface area contributed by atoms with Gasteiger partial charge in [-0.1, -0.05) is 26.8 Å². The summed E-state index contributed by atoms with van der Waals surface area (Å²) < 4.78 is 0. The quantitative estimate of drug-likeness (QED) is 0.454. The van der Waals surface area contributed by atoms with E-state index in [1.165, 1.54) is 6.92 Å². The number of Topliss-reactive ketones (excluding diaryl/α,β-unsaturated/α-hetero) is 1. The highest BCUT2D eigenvalue weighted by atomic mass is 35.5. The van der Waals surface area contributed by atoms with E-state index in [4.69, 9.17) is 11.1 Å². The van der Waals surface area contributed by atoms with Crippen molar-refractivity contribution in [2.24, 2.45) is 11.1 Å². The zero-order chi connectivity index (χ0) is 15.5. The molecule has 0 aliphatic carbocycles. The van der Waals surface area contributed by atoms with Gasteiger partial charge in [-0.2, -0.15) is 0 Å². The molecule has 0 aromatic heterocycles. The van der Waals surface area contributed by atoms with Gasteiger partial charge in [-0.15, -0.1) is 12.4 Å². The molecule has 1 aromatic rings. The van der Waals surface area contributed by atoms with Crippen LogP contribution in [0, 0.1) is 10.8 Å². The van der Waals surface area contributed by atoms with Crippen LogP contribution < -0.4 is 11.1 Å². The second-order valence-corrected chi connectivity index (χ2v) is 6.03. The van der Waals surface area contributed by atoms with Gasteiger partial charge in [0.25, 0.3) is 5.91 Å². The van der Waals surface area contributed by atoms with Crippen molar-refractivity contribution < 1.29 is 9.59 Å². The van der Waals surface area contributed by atoms with Crippen LogP contribution in [0.25, 0.3) is 0 Å². The molecule has 6 heteroatoms. The maximum atomic E-state index is 11.8. The fourth-order valence-corrected chi connectivity index (χ4v) is 1.97. The third-order valence-electron chi connectivity index (χ3n) is 2.72. The Hall–Kier alpha value is -1.88. The van der Waals surface area contributed by atoms with Crippen LogP contribution in [-0.4, -0.2) is 17.6 Å². The molecule has 1 amide bonds. The lowest BCUT2D eigenvalue weighted by molar-refractivity contribution is 0.0976. The monoisotopic (exact) mass is 311 g/mol. The van der Waals surface area contributed by atoms with Gasteiger partial charge in [-0.05, 0) is 36.5 Å². The standard InChI is InChI=1S/C15H21N3O2.ClH/c1-9(19)12-7-10(13(20)18-14(16)17)5-6-11(12)8-15(2,3)4;/h5-7H,8H2,1-4H3,(H4,16,17,18,20);1H. The fraction of sp³-hybridized carbons (Fsp3) is 0.400. The number of benzene rings is 1. The molecule has 0 spiro atoms. The van der Waals surface area contributed by atoms with Gasteiger partial charge in [0.2, 0.25) is 0 Å².